The van der Waals surface area contributed by atoms with Gasteiger partial charge in [0.25, 0.3) is 0 Å². The fourth-order valence-electron chi connectivity index (χ4n) is 3.38. The average molecular weight is 331 g/mol. The zero-order valence-corrected chi connectivity index (χ0v) is 14.2. The summed E-state index contributed by atoms with van der Waals surface area (Å²) in [6.07, 6.45) is 2.02. The smallest absolute Gasteiger partial charge is 0.247 e. The molecule has 0 radical (unpaired) electrons. The third-order valence-electron chi connectivity index (χ3n) is 4.57. The normalized spacial score (nSPS) is 25.7. The van der Waals surface area contributed by atoms with Crippen LogP contribution in [0, 0.1) is 0 Å². The molecular formula is C17H21N3O2S. The molecule has 1 aromatic heterocycles. The number of hydrogen-bond donors (Lipinski definition) is 1. The molecule has 23 heavy (non-hydrogen) atoms. The van der Waals surface area contributed by atoms with Crippen LogP contribution in [0.3, 0.4) is 0 Å². The van der Waals surface area contributed by atoms with E-state index >= 15 is 0 Å². The van der Waals surface area contributed by atoms with Gasteiger partial charge in [-0.15, -0.1) is 22.0 Å². The molecule has 1 atom stereocenters. The Balaban J connectivity index is 1.61. The molecule has 6 heteroatoms. The highest BCUT2D eigenvalue weighted by molar-refractivity contribution is 8.02. The van der Waals surface area contributed by atoms with Crippen LogP contribution in [0.4, 0.5) is 0 Å². The number of ether oxygens (including phenoxy) is 1. The Kier molecular flexibility index (Phi) is 3.70. The maximum atomic E-state index is 5.99. The second kappa shape index (κ2) is 5.61. The van der Waals surface area contributed by atoms with E-state index in [2.05, 4.69) is 29.4 Å². The molecule has 3 heterocycles. The molecule has 1 N–H and O–H groups in total. The van der Waals surface area contributed by atoms with Crippen molar-refractivity contribution in [3.8, 4) is 11.5 Å². The Bertz CT molecular complexity index is 680. The molecule has 1 aromatic carbocycles. The second-order valence-electron chi connectivity index (χ2n) is 6.70. The Morgan fingerprint density at radius 2 is 1.87 bits per heavy atom. The minimum atomic E-state index is -0.00215. The van der Waals surface area contributed by atoms with E-state index in [1.54, 1.807) is 0 Å². The molecule has 4 rings (SSSR count). The number of benzene rings is 1. The fourth-order valence-corrected chi connectivity index (χ4v) is 5.22. The van der Waals surface area contributed by atoms with E-state index in [-0.39, 0.29) is 15.7 Å². The molecule has 2 saturated heterocycles. The van der Waals surface area contributed by atoms with Crippen LogP contribution < -0.4 is 5.32 Å². The number of thioether (sulfide) groups is 1. The fraction of sp³-hybridized carbons (Fsp3) is 0.529. The molecular weight excluding hydrogens is 310 g/mol. The minimum absolute atomic E-state index is 0.00215. The van der Waals surface area contributed by atoms with Crippen molar-refractivity contribution >= 4 is 11.8 Å². The molecule has 2 aliphatic rings. The van der Waals surface area contributed by atoms with Gasteiger partial charge in [0.2, 0.25) is 11.8 Å². The first-order valence-corrected chi connectivity index (χ1v) is 8.84. The SMILES string of the molecule is CC1(C)SC2(CCOCC2)N[C@@H]1c1nnc(-c2ccccc2)o1. The summed E-state index contributed by atoms with van der Waals surface area (Å²) in [5.74, 6) is 1.25. The van der Waals surface area contributed by atoms with Gasteiger partial charge >= 0.3 is 0 Å². The lowest BCUT2D eigenvalue weighted by Crippen LogP contribution is -2.43. The van der Waals surface area contributed by atoms with E-state index in [4.69, 9.17) is 9.15 Å². The summed E-state index contributed by atoms with van der Waals surface area (Å²) in [5, 5.41) is 12.3. The Morgan fingerprint density at radius 1 is 1.13 bits per heavy atom. The van der Waals surface area contributed by atoms with Crippen LogP contribution in [0.5, 0.6) is 0 Å². The van der Waals surface area contributed by atoms with Crippen molar-refractivity contribution in [1.29, 1.82) is 0 Å². The third-order valence-corrected chi connectivity index (χ3v) is 6.25. The maximum Gasteiger partial charge on any atom is 0.247 e. The van der Waals surface area contributed by atoms with Gasteiger partial charge in [0, 0.05) is 23.5 Å². The Labute approximate surface area is 140 Å². The van der Waals surface area contributed by atoms with Gasteiger partial charge < -0.3 is 9.15 Å². The van der Waals surface area contributed by atoms with Crippen LogP contribution in [0.2, 0.25) is 0 Å². The average Bonchev–Trinajstić information content (AvgIpc) is 3.12. The summed E-state index contributed by atoms with van der Waals surface area (Å²) < 4.78 is 11.5. The number of nitrogens with one attached hydrogen (secondary N) is 1. The highest BCUT2D eigenvalue weighted by atomic mass is 32.2. The first kappa shape index (κ1) is 15.2. The predicted octanol–water partition coefficient (Wildman–Crippen LogP) is 3.40. The summed E-state index contributed by atoms with van der Waals surface area (Å²) in [6, 6.07) is 9.95. The van der Waals surface area contributed by atoms with Crippen molar-refractivity contribution < 1.29 is 9.15 Å². The highest BCUT2D eigenvalue weighted by Gasteiger charge is 2.53. The molecule has 0 aliphatic carbocycles. The van der Waals surface area contributed by atoms with Crippen LogP contribution >= 0.6 is 11.8 Å². The van der Waals surface area contributed by atoms with Gasteiger partial charge in [0.1, 0.15) is 6.04 Å². The summed E-state index contributed by atoms with van der Waals surface area (Å²) in [7, 11) is 0. The lowest BCUT2D eigenvalue weighted by atomic mass is 10.0. The van der Waals surface area contributed by atoms with Crippen LogP contribution in [0.15, 0.2) is 34.7 Å². The van der Waals surface area contributed by atoms with Gasteiger partial charge in [-0.05, 0) is 38.8 Å². The van der Waals surface area contributed by atoms with Crippen LogP contribution in [0.25, 0.3) is 11.5 Å². The molecule has 5 nitrogen and oxygen atoms in total. The number of hydrogen-bond acceptors (Lipinski definition) is 6. The zero-order valence-electron chi connectivity index (χ0n) is 13.4. The van der Waals surface area contributed by atoms with E-state index in [1.807, 2.05) is 42.1 Å². The Morgan fingerprint density at radius 3 is 2.61 bits per heavy atom. The monoisotopic (exact) mass is 331 g/mol. The molecule has 2 aliphatic heterocycles. The predicted molar refractivity (Wildman–Crippen MR) is 90.1 cm³/mol. The highest BCUT2D eigenvalue weighted by Crippen LogP contribution is 2.54. The topological polar surface area (TPSA) is 60.2 Å². The Hall–Kier alpha value is -1.37. The molecule has 0 unspecified atom stereocenters. The van der Waals surface area contributed by atoms with Gasteiger partial charge in [-0.1, -0.05) is 18.2 Å². The van der Waals surface area contributed by atoms with E-state index < -0.39 is 0 Å². The standard InChI is InChI=1S/C17H21N3O2S/c1-16(2)13(18-17(23-16)8-10-21-11-9-17)15-20-19-14(22-15)12-6-4-3-5-7-12/h3-7,13,18H,8-11H2,1-2H3/t13-/m1/s1. The van der Waals surface area contributed by atoms with Gasteiger partial charge in [0.15, 0.2) is 0 Å². The largest absolute Gasteiger partial charge is 0.419 e. The number of aromatic nitrogens is 2. The molecule has 122 valence electrons. The first-order chi connectivity index (χ1) is 11.1. The maximum absolute atomic E-state index is 5.99. The molecule has 2 fully saturated rings. The quantitative estimate of drug-likeness (QED) is 0.910. The van der Waals surface area contributed by atoms with Crippen LogP contribution in [-0.2, 0) is 4.74 Å². The van der Waals surface area contributed by atoms with Crippen molar-refractivity contribution in [1.82, 2.24) is 15.5 Å². The lowest BCUT2D eigenvalue weighted by Gasteiger charge is -2.33. The molecule has 2 aromatic rings. The van der Waals surface area contributed by atoms with Crippen molar-refractivity contribution in [2.75, 3.05) is 13.2 Å². The van der Waals surface area contributed by atoms with Crippen molar-refractivity contribution in [3.63, 3.8) is 0 Å². The van der Waals surface area contributed by atoms with Gasteiger partial charge in [-0.25, -0.2) is 0 Å². The second-order valence-corrected chi connectivity index (χ2v) is 8.74. The summed E-state index contributed by atoms with van der Waals surface area (Å²) in [6.45, 7) is 6.10. The van der Waals surface area contributed by atoms with Crippen molar-refractivity contribution in [2.45, 2.75) is 42.3 Å². The van der Waals surface area contributed by atoms with Crippen molar-refractivity contribution in [2.24, 2.45) is 0 Å². The lowest BCUT2D eigenvalue weighted by molar-refractivity contribution is 0.0669. The first-order valence-electron chi connectivity index (χ1n) is 8.02. The van der Waals surface area contributed by atoms with Crippen molar-refractivity contribution in [3.05, 3.63) is 36.2 Å². The van der Waals surface area contributed by atoms with Gasteiger partial charge in [-0.2, -0.15) is 0 Å². The molecule has 0 amide bonds. The zero-order chi connectivity index (χ0) is 15.9. The van der Waals surface area contributed by atoms with Gasteiger partial charge in [-0.3, -0.25) is 5.32 Å². The van der Waals surface area contributed by atoms with E-state index in [1.165, 1.54) is 0 Å². The minimum Gasteiger partial charge on any atom is -0.419 e. The molecule has 1 spiro atoms. The summed E-state index contributed by atoms with van der Waals surface area (Å²) >= 11 is 1.98. The molecule has 0 saturated carbocycles. The van der Waals surface area contributed by atoms with E-state index in [0.29, 0.717) is 11.8 Å². The summed E-state index contributed by atoms with van der Waals surface area (Å²) in [5.41, 5.74) is 0.954. The number of rotatable bonds is 2. The van der Waals surface area contributed by atoms with Crippen LogP contribution in [-0.4, -0.2) is 33.0 Å². The number of nitrogens with zero attached hydrogens (tertiary/aromatic N) is 2. The van der Waals surface area contributed by atoms with Crippen LogP contribution in [0.1, 0.15) is 38.6 Å². The third kappa shape index (κ3) is 2.79. The van der Waals surface area contributed by atoms with Gasteiger partial charge in [0.05, 0.1) is 4.87 Å². The molecule has 0 bridgehead atoms. The van der Waals surface area contributed by atoms with E-state index in [9.17, 15) is 0 Å². The summed E-state index contributed by atoms with van der Waals surface area (Å²) in [4.78, 5) is 0.0633. The van der Waals surface area contributed by atoms with E-state index in [0.717, 1.165) is 31.6 Å².